The summed E-state index contributed by atoms with van der Waals surface area (Å²) in [6.07, 6.45) is 6.51. The zero-order valence-electron chi connectivity index (χ0n) is 9.27. The number of allylic oxidation sites excluding steroid dienone is 2. The van der Waals surface area contributed by atoms with Crippen LogP contribution < -0.4 is 5.73 Å². The number of ketones is 1. The van der Waals surface area contributed by atoms with Crippen molar-refractivity contribution in [1.82, 2.24) is 0 Å². The lowest BCUT2D eigenvalue weighted by molar-refractivity contribution is -0.139. The number of nitrogens with two attached hydrogens (primary N) is 1. The smallest absolute Gasteiger partial charge is 0.320 e. The van der Waals surface area contributed by atoms with Crippen LogP contribution in [-0.4, -0.2) is 22.9 Å². The Kier molecular flexibility index (Phi) is 6.62. The van der Waals surface area contributed by atoms with Gasteiger partial charge in [-0.3, -0.25) is 9.59 Å². The van der Waals surface area contributed by atoms with Crippen molar-refractivity contribution >= 4 is 11.8 Å². The molecule has 15 heavy (non-hydrogen) atoms. The van der Waals surface area contributed by atoms with Gasteiger partial charge >= 0.3 is 5.97 Å². The molecule has 0 aromatic rings. The van der Waals surface area contributed by atoms with Crippen molar-refractivity contribution in [2.75, 3.05) is 0 Å². The zero-order valence-corrected chi connectivity index (χ0v) is 9.27. The van der Waals surface area contributed by atoms with Crippen molar-refractivity contribution in [2.24, 2.45) is 11.7 Å². The average molecular weight is 213 g/mol. The van der Waals surface area contributed by atoms with Crippen LogP contribution in [0.25, 0.3) is 0 Å². The lowest BCUT2D eigenvalue weighted by Gasteiger charge is -2.07. The highest BCUT2D eigenvalue weighted by Crippen LogP contribution is 2.04. The van der Waals surface area contributed by atoms with Crippen LogP contribution in [0.15, 0.2) is 12.2 Å². The van der Waals surface area contributed by atoms with Gasteiger partial charge in [-0.15, -0.1) is 0 Å². The van der Waals surface area contributed by atoms with Crippen molar-refractivity contribution in [3.05, 3.63) is 12.2 Å². The van der Waals surface area contributed by atoms with Crippen LogP contribution in [0.4, 0.5) is 0 Å². The third-order valence-corrected chi connectivity index (χ3v) is 2.10. The summed E-state index contributed by atoms with van der Waals surface area (Å²) < 4.78 is 0. The van der Waals surface area contributed by atoms with E-state index >= 15 is 0 Å². The van der Waals surface area contributed by atoms with E-state index in [1.165, 1.54) is 0 Å². The Labute approximate surface area is 90.2 Å². The van der Waals surface area contributed by atoms with Crippen molar-refractivity contribution in [2.45, 2.75) is 39.2 Å². The van der Waals surface area contributed by atoms with E-state index in [0.29, 0.717) is 0 Å². The molecule has 0 spiro atoms. The molecule has 0 bridgehead atoms. The largest absolute Gasteiger partial charge is 0.480 e. The maximum atomic E-state index is 10.4. The van der Waals surface area contributed by atoms with E-state index < -0.39 is 12.0 Å². The highest BCUT2D eigenvalue weighted by Gasteiger charge is 2.14. The molecule has 1 rings (SSSR count). The van der Waals surface area contributed by atoms with Gasteiger partial charge < -0.3 is 10.8 Å². The maximum absolute atomic E-state index is 10.4. The van der Waals surface area contributed by atoms with Gasteiger partial charge in [0.2, 0.25) is 0 Å². The Balaban J connectivity index is 0.000000262. The molecule has 0 aromatic heterocycles. The minimum atomic E-state index is -0.931. The normalized spacial score (nSPS) is 16.9. The van der Waals surface area contributed by atoms with Gasteiger partial charge in [-0.2, -0.15) is 0 Å². The lowest BCUT2D eigenvalue weighted by atomic mass is 10.1. The molecule has 3 N–H and O–H groups in total. The first kappa shape index (κ1) is 13.8. The van der Waals surface area contributed by atoms with E-state index in [4.69, 9.17) is 10.8 Å². The summed E-state index contributed by atoms with van der Waals surface area (Å²) in [5, 5.41) is 8.23. The van der Waals surface area contributed by atoms with Gasteiger partial charge in [-0.05, 0) is 24.8 Å². The highest BCUT2D eigenvalue weighted by atomic mass is 16.4. The molecule has 1 aliphatic carbocycles. The lowest BCUT2D eigenvalue weighted by Crippen LogP contribution is -2.34. The molecule has 0 saturated heterocycles. The second-order valence-electron chi connectivity index (χ2n) is 3.87. The van der Waals surface area contributed by atoms with Crippen LogP contribution in [0.2, 0.25) is 0 Å². The van der Waals surface area contributed by atoms with E-state index in [9.17, 15) is 9.59 Å². The van der Waals surface area contributed by atoms with Crippen molar-refractivity contribution in [3.63, 3.8) is 0 Å². The first-order valence-corrected chi connectivity index (χ1v) is 5.13. The Hall–Kier alpha value is -1.16. The summed E-state index contributed by atoms with van der Waals surface area (Å²) in [7, 11) is 0. The van der Waals surface area contributed by atoms with E-state index in [1.807, 2.05) is 6.08 Å². The Bertz CT molecular complexity index is 246. The van der Waals surface area contributed by atoms with Gasteiger partial charge in [0, 0.05) is 6.42 Å². The highest BCUT2D eigenvalue weighted by molar-refractivity contribution is 5.90. The van der Waals surface area contributed by atoms with Crippen LogP contribution in [0.1, 0.15) is 33.1 Å². The number of carbonyl (C=O) groups excluding carboxylic acids is 1. The quantitative estimate of drug-likeness (QED) is 0.725. The zero-order chi connectivity index (χ0) is 11.8. The molecule has 0 unspecified atom stereocenters. The Morgan fingerprint density at radius 2 is 2.13 bits per heavy atom. The molecule has 0 heterocycles. The SMILES string of the molecule is CC(C)[C@H](N)C(=O)O.O=C1C=CCCC1. The molecule has 1 atom stereocenters. The second-order valence-corrected chi connectivity index (χ2v) is 3.87. The van der Waals surface area contributed by atoms with Gasteiger partial charge in [-0.1, -0.05) is 19.9 Å². The fourth-order valence-electron chi connectivity index (χ4n) is 0.977. The molecular formula is C11H19NO3. The summed E-state index contributed by atoms with van der Waals surface area (Å²) in [5.41, 5.74) is 5.16. The summed E-state index contributed by atoms with van der Waals surface area (Å²) in [4.78, 5) is 20.4. The maximum Gasteiger partial charge on any atom is 0.320 e. The Morgan fingerprint density at radius 3 is 2.27 bits per heavy atom. The van der Waals surface area contributed by atoms with Gasteiger partial charge in [0.1, 0.15) is 6.04 Å². The molecule has 4 heteroatoms. The molecule has 0 aliphatic heterocycles. The first-order chi connectivity index (χ1) is 6.95. The van der Waals surface area contributed by atoms with Crippen LogP contribution in [0.5, 0.6) is 0 Å². The fourth-order valence-corrected chi connectivity index (χ4v) is 0.977. The van der Waals surface area contributed by atoms with Gasteiger partial charge in [0.05, 0.1) is 0 Å². The summed E-state index contributed by atoms with van der Waals surface area (Å²) in [6, 6.07) is -0.713. The molecule has 0 amide bonds. The fraction of sp³-hybridized carbons (Fsp3) is 0.636. The predicted molar refractivity (Wildman–Crippen MR) is 58.4 cm³/mol. The standard InChI is InChI=1S/C6H8O.C5H11NO2/c7-6-4-2-1-3-5-6;1-3(2)4(6)5(7)8/h2,4H,1,3,5H2;3-4H,6H2,1-2H3,(H,7,8)/t;4-/m.0/s1. The molecule has 1 aliphatic rings. The summed E-state index contributed by atoms with van der Waals surface area (Å²) >= 11 is 0. The number of carbonyl (C=O) groups is 2. The molecular weight excluding hydrogens is 194 g/mol. The van der Waals surface area contributed by atoms with Crippen LogP contribution in [-0.2, 0) is 9.59 Å². The van der Waals surface area contributed by atoms with E-state index in [2.05, 4.69) is 0 Å². The Morgan fingerprint density at radius 1 is 1.53 bits per heavy atom. The van der Waals surface area contributed by atoms with Crippen molar-refractivity contribution < 1.29 is 14.7 Å². The number of aliphatic carboxylic acids is 1. The second kappa shape index (κ2) is 7.17. The molecule has 0 aromatic carbocycles. The van der Waals surface area contributed by atoms with Crippen molar-refractivity contribution in [1.29, 1.82) is 0 Å². The minimum Gasteiger partial charge on any atom is -0.480 e. The topological polar surface area (TPSA) is 80.4 Å². The third kappa shape index (κ3) is 6.85. The third-order valence-electron chi connectivity index (χ3n) is 2.10. The van der Waals surface area contributed by atoms with Gasteiger partial charge in [0.25, 0.3) is 0 Å². The molecule has 4 nitrogen and oxygen atoms in total. The number of rotatable bonds is 2. The summed E-state index contributed by atoms with van der Waals surface area (Å²) in [6.45, 7) is 3.55. The summed E-state index contributed by atoms with van der Waals surface area (Å²) in [5.74, 6) is -0.626. The van der Waals surface area contributed by atoms with Crippen LogP contribution in [0.3, 0.4) is 0 Å². The van der Waals surface area contributed by atoms with E-state index in [-0.39, 0.29) is 11.7 Å². The number of carboxylic acids is 1. The first-order valence-electron chi connectivity index (χ1n) is 5.13. The van der Waals surface area contributed by atoms with Crippen LogP contribution in [0, 0.1) is 5.92 Å². The van der Waals surface area contributed by atoms with E-state index in [1.54, 1.807) is 19.9 Å². The molecule has 0 fully saturated rings. The molecule has 0 radical (unpaired) electrons. The van der Waals surface area contributed by atoms with E-state index in [0.717, 1.165) is 19.3 Å². The molecule has 86 valence electrons. The number of hydrogen-bond acceptors (Lipinski definition) is 3. The monoisotopic (exact) mass is 213 g/mol. The predicted octanol–water partition coefficient (Wildman–Crippen LogP) is 1.35. The van der Waals surface area contributed by atoms with Crippen molar-refractivity contribution in [3.8, 4) is 0 Å². The number of carboxylic acid groups (broad SMARTS) is 1. The van der Waals surface area contributed by atoms with Gasteiger partial charge in [-0.25, -0.2) is 0 Å². The van der Waals surface area contributed by atoms with Crippen LogP contribution >= 0.6 is 0 Å². The minimum absolute atomic E-state index is 0.0208. The number of hydrogen-bond donors (Lipinski definition) is 2. The van der Waals surface area contributed by atoms with Gasteiger partial charge in [0.15, 0.2) is 5.78 Å². The molecule has 0 saturated carbocycles. The average Bonchev–Trinajstić information content (AvgIpc) is 2.18.